The van der Waals surface area contributed by atoms with Gasteiger partial charge >= 0.3 is 0 Å². The van der Waals surface area contributed by atoms with E-state index in [-0.39, 0.29) is 5.91 Å². The van der Waals surface area contributed by atoms with Gasteiger partial charge in [0.05, 0.1) is 10.9 Å². The summed E-state index contributed by atoms with van der Waals surface area (Å²) in [6.45, 7) is 4.03. The van der Waals surface area contributed by atoms with Crippen molar-refractivity contribution in [1.82, 2.24) is 10.1 Å². The number of hydrogen-bond donors (Lipinski definition) is 1. The molecule has 0 radical (unpaired) electrons. The molecular weight excluding hydrogens is 362 g/mol. The number of carbonyl (C=O) groups excluding carboxylic acids is 1. The third-order valence-electron chi connectivity index (χ3n) is 5.38. The molecule has 4 aromatic rings. The van der Waals surface area contributed by atoms with Crippen molar-refractivity contribution in [3.8, 4) is 11.3 Å². The van der Waals surface area contributed by atoms with Crippen molar-refractivity contribution < 1.29 is 9.32 Å². The molecule has 1 fully saturated rings. The summed E-state index contributed by atoms with van der Waals surface area (Å²) in [5.74, 6) is 0.226. The minimum atomic E-state index is -0.174. The second kappa shape index (κ2) is 6.85. The van der Waals surface area contributed by atoms with E-state index in [1.165, 1.54) is 0 Å². The van der Waals surface area contributed by atoms with Crippen molar-refractivity contribution in [3.63, 3.8) is 0 Å². The Bertz CT molecular complexity index is 1220. The standard InChI is InChI=1S/C24H21N3O2/c1-14-8-11-19(15(2)12-14)25-23(28)18-13-20(16-9-10-16)26-24-21(18)22(27-29-24)17-6-4-3-5-7-17/h3-8,11-13,16H,9-10H2,1-2H3,(H,25,28). The Hall–Kier alpha value is -3.47. The second-order valence-corrected chi connectivity index (χ2v) is 7.72. The number of rotatable bonds is 4. The molecule has 1 N–H and O–H groups in total. The molecule has 0 aliphatic heterocycles. The average Bonchev–Trinajstić information content (AvgIpc) is 3.49. The molecule has 0 spiro atoms. The smallest absolute Gasteiger partial charge is 0.259 e. The van der Waals surface area contributed by atoms with Crippen LogP contribution in [-0.4, -0.2) is 16.0 Å². The normalized spacial score (nSPS) is 13.6. The van der Waals surface area contributed by atoms with Crippen LogP contribution >= 0.6 is 0 Å². The van der Waals surface area contributed by atoms with Gasteiger partial charge in [0.2, 0.25) is 0 Å². The first-order chi connectivity index (χ1) is 14.1. The predicted octanol–water partition coefficient (Wildman–Crippen LogP) is 5.64. The fraction of sp³-hybridized carbons (Fsp3) is 0.208. The number of pyridine rings is 1. The maximum atomic E-state index is 13.3. The first-order valence-electron chi connectivity index (χ1n) is 9.84. The van der Waals surface area contributed by atoms with Crippen LogP contribution in [0.2, 0.25) is 0 Å². The molecule has 29 heavy (non-hydrogen) atoms. The Morgan fingerprint density at radius 3 is 2.59 bits per heavy atom. The van der Waals surface area contributed by atoms with E-state index >= 15 is 0 Å². The van der Waals surface area contributed by atoms with Gasteiger partial charge in [0.25, 0.3) is 11.6 Å². The van der Waals surface area contributed by atoms with Crippen molar-refractivity contribution in [2.75, 3.05) is 5.32 Å². The Morgan fingerprint density at radius 2 is 1.86 bits per heavy atom. The topological polar surface area (TPSA) is 68.0 Å². The summed E-state index contributed by atoms with van der Waals surface area (Å²) in [6.07, 6.45) is 2.19. The zero-order valence-electron chi connectivity index (χ0n) is 16.4. The summed E-state index contributed by atoms with van der Waals surface area (Å²) >= 11 is 0. The van der Waals surface area contributed by atoms with E-state index in [1.54, 1.807) is 0 Å². The number of fused-ring (bicyclic) bond motifs is 1. The van der Waals surface area contributed by atoms with Gasteiger partial charge in [-0.2, -0.15) is 0 Å². The minimum absolute atomic E-state index is 0.174. The predicted molar refractivity (Wildman–Crippen MR) is 113 cm³/mol. The van der Waals surface area contributed by atoms with Gasteiger partial charge in [-0.3, -0.25) is 4.79 Å². The molecule has 1 aliphatic rings. The number of aryl methyl sites for hydroxylation is 2. The summed E-state index contributed by atoms with van der Waals surface area (Å²) in [7, 11) is 0. The fourth-order valence-corrected chi connectivity index (χ4v) is 3.67. The van der Waals surface area contributed by atoms with Gasteiger partial charge in [0, 0.05) is 22.9 Å². The van der Waals surface area contributed by atoms with Crippen LogP contribution in [0.3, 0.4) is 0 Å². The largest absolute Gasteiger partial charge is 0.335 e. The van der Waals surface area contributed by atoms with Crippen LogP contribution in [0.1, 0.15) is 45.9 Å². The van der Waals surface area contributed by atoms with Crippen LogP contribution in [0.5, 0.6) is 0 Å². The lowest BCUT2D eigenvalue weighted by Crippen LogP contribution is -2.14. The van der Waals surface area contributed by atoms with Gasteiger partial charge in [0.1, 0.15) is 5.69 Å². The molecular formula is C24H21N3O2. The van der Waals surface area contributed by atoms with Gasteiger partial charge in [-0.25, -0.2) is 4.98 Å². The summed E-state index contributed by atoms with van der Waals surface area (Å²) in [5.41, 5.74) is 6.40. The maximum Gasteiger partial charge on any atom is 0.259 e. The molecule has 2 aromatic heterocycles. The molecule has 1 saturated carbocycles. The number of aromatic nitrogens is 2. The molecule has 5 rings (SSSR count). The first kappa shape index (κ1) is 17.6. The van der Waals surface area contributed by atoms with Crippen molar-refractivity contribution in [1.29, 1.82) is 0 Å². The highest BCUT2D eigenvalue weighted by Gasteiger charge is 2.29. The van der Waals surface area contributed by atoms with Crippen molar-refractivity contribution >= 4 is 22.7 Å². The lowest BCUT2D eigenvalue weighted by molar-refractivity contribution is 0.102. The van der Waals surface area contributed by atoms with E-state index in [4.69, 9.17) is 4.52 Å². The van der Waals surface area contributed by atoms with E-state index in [0.717, 1.165) is 40.9 Å². The van der Waals surface area contributed by atoms with E-state index < -0.39 is 0 Å². The Labute approximate surface area is 168 Å². The summed E-state index contributed by atoms with van der Waals surface area (Å²) in [6, 6.07) is 17.6. The van der Waals surface area contributed by atoms with Gasteiger partial charge in [-0.1, -0.05) is 53.2 Å². The van der Waals surface area contributed by atoms with Crippen LogP contribution < -0.4 is 5.32 Å². The average molecular weight is 383 g/mol. The van der Waals surface area contributed by atoms with Gasteiger partial charge < -0.3 is 9.84 Å². The SMILES string of the molecule is Cc1ccc(NC(=O)c2cc(C3CC3)nc3onc(-c4ccccc4)c23)c(C)c1. The van der Waals surface area contributed by atoms with Crippen LogP contribution in [-0.2, 0) is 0 Å². The molecule has 5 nitrogen and oxygen atoms in total. The highest BCUT2D eigenvalue weighted by atomic mass is 16.5. The van der Waals surface area contributed by atoms with Crippen LogP contribution in [0.25, 0.3) is 22.4 Å². The van der Waals surface area contributed by atoms with E-state index in [9.17, 15) is 4.79 Å². The van der Waals surface area contributed by atoms with E-state index in [2.05, 4.69) is 21.5 Å². The molecule has 0 unspecified atom stereocenters. The van der Waals surface area contributed by atoms with Crippen molar-refractivity contribution in [2.45, 2.75) is 32.6 Å². The number of amides is 1. The maximum absolute atomic E-state index is 13.3. The number of nitrogens with one attached hydrogen (secondary N) is 1. The summed E-state index contributed by atoms with van der Waals surface area (Å²) in [4.78, 5) is 18.0. The first-order valence-corrected chi connectivity index (χ1v) is 9.84. The number of carbonyl (C=O) groups is 1. The van der Waals surface area contributed by atoms with Crippen LogP contribution in [0.15, 0.2) is 59.1 Å². The molecule has 144 valence electrons. The summed E-state index contributed by atoms with van der Waals surface area (Å²) < 4.78 is 5.56. The van der Waals surface area contributed by atoms with E-state index in [1.807, 2.05) is 62.4 Å². The lowest BCUT2D eigenvalue weighted by Gasteiger charge is -2.11. The molecule has 0 bridgehead atoms. The van der Waals surface area contributed by atoms with Gasteiger partial charge in [0.15, 0.2) is 0 Å². The molecule has 1 aliphatic carbocycles. The molecule has 1 amide bonds. The van der Waals surface area contributed by atoms with Crippen molar-refractivity contribution in [3.05, 3.63) is 77.0 Å². The van der Waals surface area contributed by atoms with Gasteiger partial charge in [-0.05, 0) is 44.4 Å². The highest BCUT2D eigenvalue weighted by Crippen LogP contribution is 2.41. The highest BCUT2D eigenvalue weighted by molar-refractivity contribution is 6.15. The second-order valence-electron chi connectivity index (χ2n) is 7.72. The summed E-state index contributed by atoms with van der Waals surface area (Å²) in [5, 5.41) is 7.97. The van der Waals surface area contributed by atoms with Crippen molar-refractivity contribution in [2.24, 2.45) is 0 Å². The third-order valence-corrected chi connectivity index (χ3v) is 5.38. The fourth-order valence-electron chi connectivity index (χ4n) is 3.67. The zero-order chi connectivity index (χ0) is 20.0. The van der Waals surface area contributed by atoms with E-state index in [0.29, 0.717) is 28.3 Å². The lowest BCUT2D eigenvalue weighted by atomic mass is 10.0. The molecule has 2 heterocycles. The quantitative estimate of drug-likeness (QED) is 0.495. The number of hydrogen-bond acceptors (Lipinski definition) is 4. The Morgan fingerprint density at radius 1 is 1.07 bits per heavy atom. The molecule has 5 heteroatoms. The van der Waals surface area contributed by atoms with Crippen LogP contribution in [0, 0.1) is 13.8 Å². The Kier molecular flexibility index (Phi) is 4.16. The third kappa shape index (κ3) is 3.29. The minimum Gasteiger partial charge on any atom is -0.335 e. The zero-order valence-corrected chi connectivity index (χ0v) is 16.4. The Balaban J connectivity index is 1.64. The van der Waals surface area contributed by atoms with Gasteiger partial charge in [-0.15, -0.1) is 0 Å². The number of nitrogens with zero attached hydrogens (tertiary/aromatic N) is 2. The molecule has 0 atom stereocenters. The monoisotopic (exact) mass is 383 g/mol. The molecule has 0 saturated heterocycles. The number of benzene rings is 2. The molecule has 2 aromatic carbocycles. The van der Waals surface area contributed by atoms with Crippen LogP contribution in [0.4, 0.5) is 5.69 Å². The number of anilines is 1.